The molecule has 1 N–H and O–H groups in total. The molecule has 2 aromatic rings. The van der Waals surface area contributed by atoms with Crippen molar-refractivity contribution >= 4 is 29.2 Å². The zero-order valence-corrected chi connectivity index (χ0v) is 17.6. The third-order valence-electron chi connectivity index (χ3n) is 5.41. The summed E-state index contributed by atoms with van der Waals surface area (Å²) in [5.41, 5.74) is 5.74. The van der Waals surface area contributed by atoms with Gasteiger partial charge in [0.2, 0.25) is 5.91 Å². The number of benzene rings is 2. The van der Waals surface area contributed by atoms with E-state index in [9.17, 15) is 4.79 Å². The van der Waals surface area contributed by atoms with Gasteiger partial charge in [-0.1, -0.05) is 19.9 Å². The largest absolute Gasteiger partial charge is 0.366 e. The highest BCUT2D eigenvalue weighted by molar-refractivity contribution is 5.89. The maximum atomic E-state index is 11.1. The molecule has 1 unspecified atom stereocenters. The molecule has 0 saturated carbocycles. The number of amides is 1. The van der Waals surface area contributed by atoms with Crippen LogP contribution in [-0.4, -0.2) is 24.2 Å². The normalized spacial score (nSPS) is 18.2. The maximum absolute atomic E-state index is 11.1. The van der Waals surface area contributed by atoms with Crippen molar-refractivity contribution in [3.63, 3.8) is 0 Å². The van der Waals surface area contributed by atoms with Crippen LogP contribution >= 0.6 is 0 Å². The van der Waals surface area contributed by atoms with E-state index >= 15 is 0 Å². The summed E-state index contributed by atoms with van der Waals surface area (Å²) < 4.78 is 0. The van der Waals surface area contributed by atoms with Crippen molar-refractivity contribution in [2.24, 2.45) is 4.99 Å². The Bertz CT molecular complexity index is 868. The molecule has 0 radical (unpaired) electrons. The van der Waals surface area contributed by atoms with Crippen LogP contribution in [0.5, 0.6) is 0 Å². The number of hydrogen-bond acceptors (Lipinski definition) is 3. The molecule has 0 saturated heterocycles. The van der Waals surface area contributed by atoms with Crippen LogP contribution in [0.4, 0.5) is 17.1 Å². The van der Waals surface area contributed by atoms with E-state index in [1.807, 2.05) is 30.5 Å². The van der Waals surface area contributed by atoms with Gasteiger partial charge in [0, 0.05) is 36.6 Å². The molecule has 0 fully saturated rings. The van der Waals surface area contributed by atoms with Crippen molar-refractivity contribution in [2.45, 2.75) is 58.9 Å². The first kappa shape index (κ1) is 20.1. The van der Waals surface area contributed by atoms with E-state index < -0.39 is 0 Å². The van der Waals surface area contributed by atoms with Gasteiger partial charge in [0.25, 0.3) is 0 Å². The summed E-state index contributed by atoms with van der Waals surface area (Å²) in [7, 11) is 0. The van der Waals surface area contributed by atoms with E-state index in [1.165, 1.54) is 18.2 Å². The van der Waals surface area contributed by atoms with Crippen LogP contribution in [0.2, 0.25) is 0 Å². The van der Waals surface area contributed by atoms with E-state index in [-0.39, 0.29) is 11.4 Å². The molecule has 2 aromatic carbocycles. The van der Waals surface area contributed by atoms with Gasteiger partial charge >= 0.3 is 0 Å². The third-order valence-corrected chi connectivity index (χ3v) is 5.41. The summed E-state index contributed by atoms with van der Waals surface area (Å²) in [6.45, 7) is 11.9. The molecule has 0 bridgehead atoms. The topological polar surface area (TPSA) is 44.7 Å². The number of nitrogens with one attached hydrogen (secondary N) is 1. The molecular weight excluding hydrogens is 346 g/mol. The molecule has 148 valence electrons. The van der Waals surface area contributed by atoms with E-state index in [1.54, 1.807) is 0 Å². The van der Waals surface area contributed by atoms with Crippen molar-refractivity contribution in [2.75, 3.05) is 16.8 Å². The van der Waals surface area contributed by atoms with Crippen molar-refractivity contribution in [1.29, 1.82) is 0 Å². The molecular formula is C24H31N3O. The van der Waals surface area contributed by atoms with Crippen LogP contribution in [0, 0.1) is 0 Å². The molecule has 1 heterocycles. The zero-order valence-electron chi connectivity index (χ0n) is 17.6. The highest BCUT2D eigenvalue weighted by Crippen LogP contribution is 2.43. The second-order valence-corrected chi connectivity index (χ2v) is 8.37. The Kier molecular flexibility index (Phi) is 5.87. The van der Waals surface area contributed by atoms with Gasteiger partial charge in [-0.25, -0.2) is 0 Å². The lowest BCUT2D eigenvalue weighted by atomic mass is 9.79. The molecule has 28 heavy (non-hydrogen) atoms. The van der Waals surface area contributed by atoms with Crippen LogP contribution in [0.3, 0.4) is 0 Å². The highest BCUT2D eigenvalue weighted by Gasteiger charge is 2.35. The smallest absolute Gasteiger partial charge is 0.221 e. The molecule has 0 aliphatic carbocycles. The third kappa shape index (κ3) is 4.44. The Hall–Kier alpha value is -2.62. The standard InChI is InChI=1S/C24H31N3O/c1-6-13-27-23-12-7-19(14-22(23)17(2)15-24(27,4)5)16-25-20-8-10-21(11-9-20)26-18(3)28/h7-12,14,16-17H,6,13,15H2,1-5H3,(H,26,28). The number of hydrogen-bond donors (Lipinski definition) is 1. The summed E-state index contributed by atoms with van der Waals surface area (Å²) in [6.07, 6.45) is 4.23. The lowest BCUT2D eigenvalue weighted by molar-refractivity contribution is -0.114. The van der Waals surface area contributed by atoms with Crippen molar-refractivity contribution in [3.05, 3.63) is 53.6 Å². The summed E-state index contributed by atoms with van der Waals surface area (Å²) in [5.74, 6) is 0.461. The average molecular weight is 378 g/mol. The SMILES string of the molecule is CCCN1c2ccc(C=Nc3ccc(NC(C)=O)cc3)cc2C(C)CC1(C)C. The van der Waals surface area contributed by atoms with Crippen LogP contribution in [0.1, 0.15) is 64.5 Å². The number of carbonyl (C=O) groups excluding carboxylic acids is 1. The van der Waals surface area contributed by atoms with Gasteiger partial charge in [0.05, 0.1) is 5.69 Å². The molecule has 0 spiro atoms. The van der Waals surface area contributed by atoms with Gasteiger partial charge in [-0.05, 0) is 80.1 Å². The first-order valence-electron chi connectivity index (χ1n) is 10.1. The number of rotatable bonds is 5. The second kappa shape index (κ2) is 8.17. The van der Waals surface area contributed by atoms with Gasteiger partial charge in [0.15, 0.2) is 0 Å². The van der Waals surface area contributed by atoms with Crippen LogP contribution in [0.15, 0.2) is 47.5 Å². The summed E-state index contributed by atoms with van der Waals surface area (Å²) in [5, 5.41) is 2.77. The quantitative estimate of drug-likeness (QED) is 0.660. The fourth-order valence-electron chi connectivity index (χ4n) is 4.22. The van der Waals surface area contributed by atoms with E-state index in [4.69, 9.17) is 0 Å². The molecule has 4 nitrogen and oxygen atoms in total. The first-order valence-corrected chi connectivity index (χ1v) is 10.1. The Labute approximate surface area is 168 Å². The minimum absolute atomic E-state index is 0.0697. The lowest BCUT2D eigenvalue weighted by Gasteiger charge is -2.47. The maximum Gasteiger partial charge on any atom is 0.221 e. The molecule has 4 heteroatoms. The van der Waals surface area contributed by atoms with Crippen LogP contribution in [-0.2, 0) is 4.79 Å². The molecule has 1 aliphatic heterocycles. The van der Waals surface area contributed by atoms with E-state index in [2.05, 4.69) is 61.1 Å². The van der Waals surface area contributed by atoms with Crippen molar-refractivity contribution in [3.8, 4) is 0 Å². The Balaban J connectivity index is 1.82. The fourth-order valence-corrected chi connectivity index (χ4v) is 4.22. The Morgan fingerprint density at radius 2 is 1.96 bits per heavy atom. The van der Waals surface area contributed by atoms with Gasteiger partial charge in [-0.15, -0.1) is 0 Å². The van der Waals surface area contributed by atoms with Gasteiger partial charge < -0.3 is 10.2 Å². The fraction of sp³-hybridized carbons (Fsp3) is 0.417. The molecule has 0 aromatic heterocycles. The summed E-state index contributed by atoms with van der Waals surface area (Å²) >= 11 is 0. The van der Waals surface area contributed by atoms with Crippen molar-refractivity contribution in [1.82, 2.24) is 0 Å². The summed E-state index contributed by atoms with van der Waals surface area (Å²) in [4.78, 5) is 18.3. The predicted octanol–water partition coefficient (Wildman–Crippen LogP) is 5.90. The molecule has 3 rings (SSSR count). The number of aliphatic imine (C=N–C) groups is 1. The van der Waals surface area contributed by atoms with Gasteiger partial charge in [-0.2, -0.15) is 0 Å². The zero-order chi connectivity index (χ0) is 20.3. The van der Waals surface area contributed by atoms with Crippen LogP contribution in [0.25, 0.3) is 0 Å². The van der Waals surface area contributed by atoms with Crippen LogP contribution < -0.4 is 10.2 Å². The molecule has 1 amide bonds. The predicted molar refractivity (Wildman–Crippen MR) is 119 cm³/mol. The van der Waals surface area contributed by atoms with Gasteiger partial charge in [0.1, 0.15) is 0 Å². The summed E-state index contributed by atoms with van der Waals surface area (Å²) in [6, 6.07) is 14.3. The first-order chi connectivity index (χ1) is 13.3. The molecule has 1 aliphatic rings. The number of nitrogens with zero attached hydrogens (tertiary/aromatic N) is 2. The highest BCUT2D eigenvalue weighted by atomic mass is 16.1. The van der Waals surface area contributed by atoms with Crippen molar-refractivity contribution < 1.29 is 4.79 Å². The van der Waals surface area contributed by atoms with E-state index in [0.29, 0.717) is 5.92 Å². The number of carbonyl (C=O) groups is 1. The lowest BCUT2D eigenvalue weighted by Crippen LogP contribution is -2.48. The minimum Gasteiger partial charge on any atom is -0.366 e. The average Bonchev–Trinajstić information content (AvgIpc) is 2.64. The second-order valence-electron chi connectivity index (χ2n) is 8.37. The number of fused-ring (bicyclic) bond motifs is 1. The van der Waals surface area contributed by atoms with Gasteiger partial charge in [-0.3, -0.25) is 9.79 Å². The number of anilines is 2. The Morgan fingerprint density at radius 3 is 2.61 bits per heavy atom. The Morgan fingerprint density at radius 1 is 1.25 bits per heavy atom. The molecule has 1 atom stereocenters. The van der Waals surface area contributed by atoms with E-state index in [0.717, 1.165) is 36.3 Å². The minimum atomic E-state index is -0.0697. The monoisotopic (exact) mass is 377 g/mol.